The van der Waals surface area contributed by atoms with Gasteiger partial charge >= 0.3 is 0 Å². The molecule has 2 atom stereocenters. The number of hydrogen-bond donors (Lipinski definition) is 0. The molecule has 0 aromatic heterocycles. The molecule has 0 bridgehead atoms. The lowest BCUT2D eigenvalue weighted by Gasteiger charge is -2.35. The van der Waals surface area contributed by atoms with E-state index in [1.165, 1.54) is 5.56 Å². The first-order valence-corrected chi connectivity index (χ1v) is 9.44. The molecular weight excluding hydrogens is 340 g/mol. The highest BCUT2D eigenvalue weighted by Crippen LogP contribution is 2.48. The summed E-state index contributed by atoms with van der Waals surface area (Å²) in [4.78, 5) is 29.2. The lowest BCUT2D eigenvalue weighted by Crippen LogP contribution is -2.51. The van der Waals surface area contributed by atoms with Gasteiger partial charge in [0.25, 0.3) is 5.91 Å². The molecule has 4 rings (SSSR count). The molecule has 1 heterocycles. The predicted octanol–water partition coefficient (Wildman–Crippen LogP) is 2.78. The molecule has 27 heavy (non-hydrogen) atoms. The van der Waals surface area contributed by atoms with E-state index in [0.717, 1.165) is 12.2 Å². The van der Waals surface area contributed by atoms with Crippen molar-refractivity contribution < 1.29 is 14.3 Å². The fourth-order valence-corrected chi connectivity index (χ4v) is 3.82. The Bertz CT molecular complexity index is 811. The van der Waals surface area contributed by atoms with Crippen LogP contribution in [-0.2, 0) is 4.79 Å². The van der Waals surface area contributed by atoms with Gasteiger partial charge in [-0.2, -0.15) is 0 Å². The van der Waals surface area contributed by atoms with Gasteiger partial charge in [-0.15, -0.1) is 0 Å². The minimum Gasteiger partial charge on any atom is -0.497 e. The van der Waals surface area contributed by atoms with Gasteiger partial charge in [0.1, 0.15) is 5.75 Å². The Morgan fingerprint density at radius 3 is 2.15 bits per heavy atom. The largest absolute Gasteiger partial charge is 0.497 e. The monoisotopic (exact) mass is 364 g/mol. The van der Waals surface area contributed by atoms with E-state index in [9.17, 15) is 9.59 Å². The van der Waals surface area contributed by atoms with Crippen LogP contribution in [0.4, 0.5) is 0 Å². The summed E-state index contributed by atoms with van der Waals surface area (Å²) in [5.74, 6) is 1.45. The Labute approximate surface area is 159 Å². The molecule has 1 aliphatic carbocycles. The number of rotatable bonds is 4. The summed E-state index contributed by atoms with van der Waals surface area (Å²) in [7, 11) is 1.61. The third kappa shape index (κ3) is 3.68. The smallest absolute Gasteiger partial charge is 0.253 e. The molecule has 2 aromatic rings. The van der Waals surface area contributed by atoms with Crippen molar-refractivity contribution in [2.45, 2.75) is 12.3 Å². The van der Waals surface area contributed by atoms with Gasteiger partial charge < -0.3 is 14.5 Å². The first-order valence-electron chi connectivity index (χ1n) is 9.44. The molecule has 5 heteroatoms. The molecule has 0 N–H and O–H groups in total. The van der Waals surface area contributed by atoms with Crippen LogP contribution in [0.2, 0.25) is 0 Å². The standard InChI is InChI=1S/C22H24N2O3/c1-27-18-9-7-17(8-10-18)21(25)23-11-13-24(14-12-23)22(26)20-15-19(20)16-5-3-2-4-6-16/h2-10,19-20H,11-15H2,1H3. The maximum absolute atomic E-state index is 12.8. The molecule has 2 aliphatic rings. The number of methoxy groups -OCH3 is 1. The van der Waals surface area contributed by atoms with E-state index in [1.807, 2.05) is 28.0 Å². The summed E-state index contributed by atoms with van der Waals surface area (Å²) in [5.41, 5.74) is 1.91. The second-order valence-corrected chi connectivity index (χ2v) is 7.21. The summed E-state index contributed by atoms with van der Waals surface area (Å²) in [5, 5.41) is 0. The third-order valence-corrected chi connectivity index (χ3v) is 5.55. The summed E-state index contributed by atoms with van der Waals surface area (Å²) in [6.45, 7) is 2.39. The van der Waals surface area contributed by atoms with Gasteiger partial charge in [0, 0.05) is 37.7 Å². The highest BCUT2D eigenvalue weighted by Gasteiger charge is 2.46. The van der Waals surface area contributed by atoms with E-state index in [2.05, 4.69) is 12.1 Å². The summed E-state index contributed by atoms with van der Waals surface area (Å²) in [6, 6.07) is 17.4. The van der Waals surface area contributed by atoms with Crippen LogP contribution in [0.1, 0.15) is 28.3 Å². The average molecular weight is 364 g/mol. The molecule has 2 amide bonds. The fraction of sp³-hybridized carbons (Fsp3) is 0.364. The molecule has 2 aromatic carbocycles. The molecule has 140 valence electrons. The highest BCUT2D eigenvalue weighted by atomic mass is 16.5. The van der Waals surface area contributed by atoms with Crippen LogP contribution in [0.5, 0.6) is 5.75 Å². The summed E-state index contributed by atoms with van der Waals surface area (Å²) < 4.78 is 5.13. The molecule has 0 spiro atoms. The van der Waals surface area contributed by atoms with Crippen LogP contribution >= 0.6 is 0 Å². The Hall–Kier alpha value is -2.82. The Balaban J connectivity index is 1.31. The SMILES string of the molecule is COc1ccc(C(=O)N2CCN(C(=O)C3CC3c3ccccc3)CC2)cc1. The number of hydrogen-bond acceptors (Lipinski definition) is 3. The number of ether oxygens (including phenoxy) is 1. The van der Waals surface area contributed by atoms with Crippen molar-refractivity contribution in [2.75, 3.05) is 33.3 Å². The molecule has 0 radical (unpaired) electrons. The van der Waals surface area contributed by atoms with E-state index in [4.69, 9.17) is 4.74 Å². The molecule has 2 unspecified atom stereocenters. The first-order chi connectivity index (χ1) is 13.2. The molecule has 1 saturated heterocycles. The number of piperazine rings is 1. The Kier molecular flexibility index (Phi) is 4.84. The van der Waals surface area contributed by atoms with Crippen LogP contribution in [0, 0.1) is 5.92 Å². The maximum Gasteiger partial charge on any atom is 0.253 e. The van der Waals surface area contributed by atoms with Crippen LogP contribution in [0.15, 0.2) is 54.6 Å². The van der Waals surface area contributed by atoms with Crippen LogP contribution in [0.25, 0.3) is 0 Å². The lowest BCUT2D eigenvalue weighted by atomic mass is 10.1. The quantitative estimate of drug-likeness (QED) is 0.838. The van der Waals surface area contributed by atoms with Crippen molar-refractivity contribution in [1.29, 1.82) is 0 Å². The van der Waals surface area contributed by atoms with Crippen molar-refractivity contribution in [1.82, 2.24) is 9.80 Å². The van der Waals surface area contributed by atoms with Gasteiger partial charge in [-0.25, -0.2) is 0 Å². The molecular formula is C22H24N2O3. The zero-order valence-corrected chi connectivity index (χ0v) is 15.5. The van der Waals surface area contributed by atoms with E-state index in [1.54, 1.807) is 31.4 Å². The molecule has 1 saturated carbocycles. The predicted molar refractivity (Wildman–Crippen MR) is 103 cm³/mol. The normalized spacial score (nSPS) is 21.7. The Morgan fingerprint density at radius 1 is 0.889 bits per heavy atom. The minimum absolute atomic E-state index is 0.0123. The van der Waals surface area contributed by atoms with Crippen molar-refractivity contribution in [3.8, 4) is 5.75 Å². The van der Waals surface area contributed by atoms with Crippen LogP contribution < -0.4 is 4.74 Å². The minimum atomic E-state index is 0.0123. The number of carbonyl (C=O) groups excluding carboxylic acids is 2. The first kappa shape index (κ1) is 17.6. The topological polar surface area (TPSA) is 49.9 Å². The van der Waals surface area contributed by atoms with E-state index >= 15 is 0 Å². The van der Waals surface area contributed by atoms with Gasteiger partial charge in [-0.05, 0) is 42.2 Å². The summed E-state index contributed by atoms with van der Waals surface area (Å²) in [6.07, 6.45) is 0.938. The zero-order valence-electron chi connectivity index (χ0n) is 15.5. The van der Waals surface area contributed by atoms with Crippen molar-refractivity contribution >= 4 is 11.8 Å². The number of amides is 2. The van der Waals surface area contributed by atoms with E-state index < -0.39 is 0 Å². The van der Waals surface area contributed by atoms with Gasteiger partial charge in [0.2, 0.25) is 5.91 Å². The van der Waals surface area contributed by atoms with Crippen LogP contribution in [-0.4, -0.2) is 54.9 Å². The van der Waals surface area contributed by atoms with Crippen molar-refractivity contribution in [2.24, 2.45) is 5.92 Å². The average Bonchev–Trinajstić information content (AvgIpc) is 3.54. The van der Waals surface area contributed by atoms with Gasteiger partial charge in [-0.3, -0.25) is 9.59 Å². The number of nitrogens with zero attached hydrogens (tertiary/aromatic N) is 2. The maximum atomic E-state index is 12.8. The molecule has 1 aliphatic heterocycles. The molecule has 2 fully saturated rings. The van der Waals surface area contributed by atoms with Gasteiger partial charge in [0.15, 0.2) is 0 Å². The summed E-state index contributed by atoms with van der Waals surface area (Å²) >= 11 is 0. The second-order valence-electron chi connectivity index (χ2n) is 7.21. The van der Waals surface area contributed by atoms with Gasteiger partial charge in [-0.1, -0.05) is 30.3 Å². The number of carbonyl (C=O) groups is 2. The zero-order chi connectivity index (χ0) is 18.8. The second kappa shape index (κ2) is 7.43. The van der Waals surface area contributed by atoms with E-state index in [0.29, 0.717) is 37.7 Å². The number of benzene rings is 2. The Morgan fingerprint density at radius 2 is 1.52 bits per heavy atom. The van der Waals surface area contributed by atoms with E-state index in [-0.39, 0.29) is 17.7 Å². The highest BCUT2D eigenvalue weighted by molar-refractivity contribution is 5.94. The molecule has 5 nitrogen and oxygen atoms in total. The third-order valence-electron chi connectivity index (χ3n) is 5.55. The van der Waals surface area contributed by atoms with Crippen molar-refractivity contribution in [3.05, 3.63) is 65.7 Å². The lowest BCUT2D eigenvalue weighted by molar-refractivity contribution is -0.134. The van der Waals surface area contributed by atoms with Gasteiger partial charge in [0.05, 0.1) is 7.11 Å². The van der Waals surface area contributed by atoms with Crippen molar-refractivity contribution in [3.63, 3.8) is 0 Å². The van der Waals surface area contributed by atoms with Crippen LogP contribution in [0.3, 0.4) is 0 Å². The fourth-order valence-electron chi connectivity index (χ4n) is 3.82.